The van der Waals surface area contributed by atoms with E-state index in [1.54, 1.807) is 43.3 Å². The molecule has 0 aromatic heterocycles. The summed E-state index contributed by atoms with van der Waals surface area (Å²) in [6.07, 6.45) is 0. The molecule has 0 saturated heterocycles. The van der Waals surface area contributed by atoms with Crippen molar-refractivity contribution in [2.45, 2.75) is 19.9 Å². The number of carbonyl (C=O) groups is 2. The maximum Gasteiger partial charge on any atom is 0.321 e. The molecule has 0 heterocycles. The Labute approximate surface area is 113 Å². The van der Waals surface area contributed by atoms with E-state index >= 15 is 0 Å². The molecule has 104 valence electrons. The van der Waals surface area contributed by atoms with Gasteiger partial charge in [0.1, 0.15) is 0 Å². The number of ether oxygens (including phenoxy) is 1. The summed E-state index contributed by atoms with van der Waals surface area (Å²) < 4.78 is 5.01. The summed E-state index contributed by atoms with van der Waals surface area (Å²) in [6, 6.07) is 6.61. The number of methoxy groups -OCH3 is 1. The highest BCUT2D eigenvalue weighted by Crippen LogP contribution is 2.12. The standard InChI is InChI=1S/C14H20N2O3/c1-10(9-19-4)16(3)14(18)15-13-7-5-6-12(8-13)11(2)17/h5-8,10H,9H2,1-4H3,(H,15,18). The van der Waals surface area contributed by atoms with Gasteiger partial charge in [-0.2, -0.15) is 0 Å². The first-order chi connectivity index (χ1) is 8.95. The van der Waals surface area contributed by atoms with E-state index in [-0.39, 0.29) is 17.9 Å². The molecular formula is C14H20N2O3. The lowest BCUT2D eigenvalue weighted by molar-refractivity contribution is 0.101. The zero-order chi connectivity index (χ0) is 14.4. The number of ketones is 1. The van der Waals surface area contributed by atoms with E-state index in [0.717, 1.165) is 0 Å². The van der Waals surface area contributed by atoms with E-state index in [4.69, 9.17) is 4.74 Å². The fourth-order valence-corrected chi connectivity index (χ4v) is 1.58. The van der Waals surface area contributed by atoms with Crippen LogP contribution in [0.4, 0.5) is 10.5 Å². The second kappa shape index (κ2) is 6.89. The van der Waals surface area contributed by atoms with Crippen LogP contribution in [0.25, 0.3) is 0 Å². The number of rotatable bonds is 5. The Kier molecular flexibility index (Phi) is 5.51. The number of hydrogen-bond acceptors (Lipinski definition) is 3. The van der Waals surface area contributed by atoms with Gasteiger partial charge in [0.25, 0.3) is 0 Å². The van der Waals surface area contributed by atoms with E-state index in [2.05, 4.69) is 5.32 Å². The fourth-order valence-electron chi connectivity index (χ4n) is 1.58. The topological polar surface area (TPSA) is 58.6 Å². The molecule has 1 unspecified atom stereocenters. The van der Waals surface area contributed by atoms with Gasteiger partial charge in [0.15, 0.2) is 5.78 Å². The third-order valence-corrected chi connectivity index (χ3v) is 2.91. The van der Waals surface area contributed by atoms with Crippen LogP contribution in [0.5, 0.6) is 0 Å². The molecule has 5 heteroatoms. The Balaban J connectivity index is 2.71. The van der Waals surface area contributed by atoms with Crippen LogP contribution in [0.15, 0.2) is 24.3 Å². The van der Waals surface area contributed by atoms with Gasteiger partial charge in [0.05, 0.1) is 12.6 Å². The van der Waals surface area contributed by atoms with Crippen molar-refractivity contribution in [1.29, 1.82) is 0 Å². The van der Waals surface area contributed by atoms with Crippen LogP contribution in [-0.2, 0) is 4.74 Å². The molecule has 0 spiro atoms. The van der Waals surface area contributed by atoms with Gasteiger partial charge in [-0.1, -0.05) is 12.1 Å². The number of urea groups is 1. The van der Waals surface area contributed by atoms with Crippen molar-refractivity contribution in [2.75, 3.05) is 26.1 Å². The fraction of sp³-hybridized carbons (Fsp3) is 0.429. The average molecular weight is 264 g/mol. The molecule has 0 radical (unpaired) electrons. The number of nitrogens with zero attached hydrogens (tertiary/aromatic N) is 1. The molecule has 5 nitrogen and oxygen atoms in total. The summed E-state index contributed by atoms with van der Waals surface area (Å²) in [5.74, 6) is -0.0304. The molecule has 0 aliphatic carbocycles. The Morgan fingerprint density at radius 3 is 2.68 bits per heavy atom. The van der Waals surface area contributed by atoms with Gasteiger partial charge in [-0.05, 0) is 26.0 Å². The lowest BCUT2D eigenvalue weighted by atomic mass is 10.1. The molecule has 1 rings (SSSR count). The quantitative estimate of drug-likeness (QED) is 0.831. The number of hydrogen-bond donors (Lipinski definition) is 1. The summed E-state index contributed by atoms with van der Waals surface area (Å²) in [7, 11) is 3.30. The summed E-state index contributed by atoms with van der Waals surface area (Å²) in [6.45, 7) is 3.86. The van der Waals surface area contributed by atoms with Crippen molar-refractivity contribution in [2.24, 2.45) is 0 Å². The van der Waals surface area contributed by atoms with Gasteiger partial charge in [0.2, 0.25) is 0 Å². The van der Waals surface area contributed by atoms with Crippen LogP contribution in [0, 0.1) is 0 Å². The molecule has 1 aromatic carbocycles. The van der Waals surface area contributed by atoms with Crippen LogP contribution in [-0.4, -0.2) is 43.5 Å². The van der Waals surface area contributed by atoms with Gasteiger partial charge >= 0.3 is 6.03 Å². The predicted molar refractivity (Wildman–Crippen MR) is 74.6 cm³/mol. The zero-order valence-electron chi connectivity index (χ0n) is 11.8. The molecule has 0 saturated carbocycles. The van der Waals surface area contributed by atoms with E-state index in [1.807, 2.05) is 6.92 Å². The van der Waals surface area contributed by atoms with Crippen LogP contribution in [0.3, 0.4) is 0 Å². The Hall–Kier alpha value is -1.88. The highest BCUT2D eigenvalue weighted by Gasteiger charge is 2.15. The zero-order valence-corrected chi connectivity index (χ0v) is 11.8. The van der Waals surface area contributed by atoms with E-state index in [9.17, 15) is 9.59 Å². The Morgan fingerprint density at radius 1 is 1.42 bits per heavy atom. The molecule has 0 aliphatic heterocycles. The Morgan fingerprint density at radius 2 is 2.11 bits per heavy atom. The smallest absolute Gasteiger partial charge is 0.321 e. The molecule has 19 heavy (non-hydrogen) atoms. The monoisotopic (exact) mass is 264 g/mol. The molecule has 0 fully saturated rings. The summed E-state index contributed by atoms with van der Waals surface area (Å²) >= 11 is 0. The van der Waals surface area contributed by atoms with Crippen molar-refractivity contribution in [1.82, 2.24) is 4.90 Å². The molecule has 2 amide bonds. The third kappa shape index (κ3) is 4.37. The molecule has 0 aliphatic rings. The van der Waals surface area contributed by atoms with Crippen LogP contribution >= 0.6 is 0 Å². The third-order valence-electron chi connectivity index (χ3n) is 2.91. The van der Waals surface area contributed by atoms with Crippen molar-refractivity contribution in [3.8, 4) is 0 Å². The summed E-state index contributed by atoms with van der Waals surface area (Å²) in [5, 5.41) is 2.76. The van der Waals surface area contributed by atoms with E-state index in [1.165, 1.54) is 6.92 Å². The van der Waals surface area contributed by atoms with Gasteiger partial charge in [-0.25, -0.2) is 4.79 Å². The number of benzene rings is 1. The lowest BCUT2D eigenvalue weighted by Gasteiger charge is -2.24. The number of likely N-dealkylation sites (N-methyl/N-ethyl adjacent to an activating group) is 1. The largest absolute Gasteiger partial charge is 0.383 e. The maximum atomic E-state index is 12.0. The van der Waals surface area contributed by atoms with Crippen LogP contribution < -0.4 is 5.32 Å². The number of nitrogens with one attached hydrogen (secondary N) is 1. The van der Waals surface area contributed by atoms with Crippen molar-refractivity contribution in [3.05, 3.63) is 29.8 Å². The SMILES string of the molecule is COCC(C)N(C)C(=O)Nc1cccc(C(C)=O)c1. The minimum Gasteiger partial charge on any atom is -0.383 e. The lowest BCUT2D eigenvalue weighted by Crippen LogP contribution is -2.40. The molecule has 0 bridgehead atoms. The average Bonchev–Trinajstić information content (AvgIpc) is 2.38. The second-order valence-electron chi connectivity index (χ2n) is 4.48. The summed E-state index contributed by atoms with van der Waals surface area (Å²) in [4.78, 5) is 24.8. The molecule has 1 aromatic rings. The first-order valence-corrected chi connectivity index (χ1v) is 6.09. The van der Waals surface area contributed by atoms with Gasteiger partial charge in [-0.15, -0.1) is 0 Å². The summed E-state index contributed by atoms with van der Waals surface area (Å²) in [5.41, 5.74) is 1.18. The van der Waals surface area contributed by atoms with Crippen molar-refractivity contribution < 1.29 is 14.3 Å². The highest BCUT2D eigenvalue weighted by molar-refractivity contribution is 5.96. The maximum absolute atomic E-state index is 12.0. The van der Waals surface area contributed by atoms with Gasteiger partial charge < -0.3 is 15.0 Å². The molecule has 1 atom stereocenters. The Bertz CT molecular complexity index is 460. The number of Topliss-reactive ketones (excluding diaryl/α,β-unsaturated/α-hetero) is 1. The normalized spacial score (nSPS) is 11.8. The minimum atomic E-state index is -0.231. The molecule has 1 N–H and O–H groups in total. The van der Waals surface area contributed by atoms with Crippen molar-refractivity contribution >= 4 is 17.5 Å². The van der Waals surface area contributed by atoms with Crippen LogP contribution in [0.2, 0.25) is 0 Å². The first kappa shape index (κ1) is 15.2. The first-order valence-electron chi connectivity index (χ1n) is 6.09. The second-order valence-corrected chi connectivity index (χ2v) is 4.48. The van der Waals surface area contributed by atoms with Gasteiger partial charge in [0, 0.05) is 25.4 Å². The minimum absolute atomic E-state index is 0.0269. The van der Waals surface area contributed by atoms with Crippen molar-refractivity contribution in [3.63, 3.8) is 0 Å². The highest BCUT2D eigenvalue weighted by atomic mass is 16.5. The van der Waals surface area contributed by atoms with E-state index < -0.39 is 0 Å². The number of carbonyl (C=O) groups excluding carboxylic acids is 2. The predicted octanol–water partition coefficient (Wildman–Crippen LogP) is 2.39. The number of amides is 2. The molecular weight excluding hydrogens is 244 g/mol. The van der Waals surface area contributed by atoms with Crippen LogP contribution in [0.1, 0.15) is 24.2 Å². The number of anilines is 1. The van der Waals surface area contributed by atoms with Gasteiger partial charge in [-0.3, -0.25) is 4.79 Å². The van der Waals surface area contributed by atoms with E-state index in [0.29, 0.717) is 17.9 Å².